The zero-order valence-corrected chi connectivity index (χ0v) is 17.2. The Morgan fingerprint density at radius 3 is 2.39 bits per heavy atom. The molecule has 0 aromatic carbocycles. The van der Waals surface area contributed by atoms with Crippen LogP contribution in [0.15, 0.2) is 18.7 Å². The number of carbonyl (C=O) groups excluding carboxylic acids is 2. The molecule has 1 amide bonds. The highest BCUT2D eigenvalue weighted by molar-refractivity contribution is 5.84. The molecule has 4 bridgehead atoms. The summed E-state index contributed by atoms with van der Waals surface area (Å²) >= 11 is 0. The van der Waals surface area contributed by atoms with Gasteiger partial charge in [0, 0.05) is 32.0 Å². The molecule has 1 unspecified atom stereocenters. The third kappa shape index (κ3) is 3.83. The van der Waals surface area contributed by atoms with Gasteiger partial charge in [-0.1, -0.05) is 6.92 Å². The minimum atomic E-state index is -0.295. The molecule has 0 radical (unpaired) electrons. The van der Waals surface area contributed by atoms with Crippen molar-refractivity contribution in [2.45, 2.75) is 58.4 Å². The van der Waals surface area contributed by atoms with Gasteiger partial charge < -0.3 is 14.2 Å². The number of methoxy groups -OCH3 is 1. The first-order valence-electron chi connectivity index (χ1n) is 10.8. The first-order chi connectivity index (χ1) is 13.5. The number of nitrogens with zero attached hydrogens (tertiary/aromatic N) is 3. The van der Waals surface area contributed by atoms with E-state index in [1.807, 2.05) is 28.9 Å². The van der Waals surface area contributed by atoms with Crippen molar-refractivity contribution in [1.29, 1.82) is 0 Å². The van der Waals surface area contributed by atoms with Gasteiger partial charge in [0.1, 0.15) is 0 Å². The Kier molecular flexibility index (Phi) is 5.48. The Bertz CT molecular complexity index is 665. The van der Waals surface area contributed by atoms with E-state index in [0.717, 1.165) is 50.0 Å². The summed E-state index contributed by atoms with van der Waals surface area (Å²) in [6.45, 7) is 3.83. The number of ether oxygens (including phenoxy) is 1. The number of imidazole rings is 1. The molecule has 1 atom stereocenters. The molecule has 28 heavy (non-hydrogen) atoms. The molecule has 4 aliphatic carbocycles. The van der Waals surface area contributed by atoms with Crippen molar-refractivity contribution < 1.29 is 14.3 Å². The summed E-state index contributed by atoms with van der Waals surface area (Å²) in [5.74, 6) is 1.98. The van der Waals surface area contributed by atoms with E-state index in [9.17, 15) is 9.59 Å². The van der Waals surface area contributed by atoms with E-state index in [-0.39, 0.29) is 17.3 Å². The number of carbonyl (C=O) groups is 2. The molecule has 5 rings (SSSR count). The molecule has 0 aliphatic heterocycles. The van der Waals surface area contributed by atoms with Crippen LogP contribution < -0.4 is 0 Å². The fourth-order valence-corrected chi connectivity index (χ4v) is 6.45. The summed E-state index contributed by atoms with van der Waals surface area (Å²) in [4.78, 5) is 31.9. The number of rotatable bonds is 8. The first-order valence-corrected chi connectivity index (χ1v) is 10.8. The standard InChI is InChI=1S/C22H33N3O3/c1-16(20(26)28-2)14-25(6-3-5-24-7-4-23-15-24)21(27)22-11-17-8-18(12-22)10-19(9-17)13-22/h4,7,15-19H,3,5-6,8-14H2,1-2H3. The summed E-state index contributed by atoms with van der Waals surface area (Å²) in [7, 11) is 1.42. The van der Waals surface area contributed by atoms with Gasteiger partial charge in [0.25, 0.3) is 0 Å². The van der Waals surface area contributed by atoms with Gasteiger partial charge in [-0.2, -0.15) is 0 Å². The topological polar surface area (TPSA) is 64.4 Å². The highest BCUT2D eigenvalue weighted by atomic mass is 16.5. The number of aryl methyl sites for hydroxylation is 1. The largest absolute Gasteiger partial charge is 0.469 e. The number of hydrogen-bond donors (Lipinski definition) is 0. The molecule has 0 saturated heterocycles. The zero-order chi connectivity index (χ0) is 19.7. The second-order valence-electron chi connectivity index (χ2n) is 9.53. The van der Waals surface area contributed by atoms with Gasteiger partial charge in [-0.15, -0.1) is 0 Å². The maximum atomic E-state index is 13.8. The van der Waals surface area contributed by atoms with E-state index >= 15 is 0 Å². The Morgan fingerprint density at radius 2 is 1.86 bits per heavy atom. The average Bonchev–Trinajstić information content (AvgIpc) is 3.18. The highest BCUT2D eigenvalue weighted by Crippen LogP contribution is 2.60. The van der Waals surface area contributed by atoms with E-state index in [0.29, 0.717) is 19.0 Å². The van der Waals surface area contributed by atoms with Crippen molar-refractivity contribution in [2.75, 3.05) is 20.2 Å². The van der Waals surface area contributed by atoms with Crippen LogP contribution in [0.25, 0.3) is 0 Å². The molecule has 6 nitrogen and oxygen atoms in total. The van der Waals surface area contributed by atoms with Crippen LogP contribution in [-0.2, 0) is 20.9 Å². The molecule has 0 N–H and O–H groups in total. The Morgan fingerprint density at radius 1 is 1.21 bits per heavy atom. The van der Waals surface area contributed by atoms with E-state index in [1.54, 1.807) is 6.20 Å². The highest BCUT2D eigenvalue weighted by Gasteiger charge is 2.55. The molecule has 6 heteroatoms. The normalized spacial score (nSPS) is 31.6. The maximum Gasteiger partial charge on any atom is 0.310 e. The van der Waals surface area contributed by atoms with Crippen LogP contribution in [0.2, 0.25) is 0 Å². The summed E-state index contributed by atoms with van der Waals surface area (Å²) in [5.41, 5.74) is -0.167. The van der Waals surface area contributed by atoms with E-state index < -0.39 is 0 Å². The Labute approximate surface area is 167 Å². The molecule has 1 aromatic rings. The number of amides is 1. The third-order valence-corrected chi connectivity index (χ3v) is 7.28. The van der Waals surface area contributed by atoms with Crippen molar-refractivity contribution in [3.8, 4) is 0 Å². The predicted octanol–water partition coefficient (Wildman–Crippen LogP) is 3.13. The smallest absolute Gasteiger partial charge is 0.310 e. The van der Waals surface area contributed by atoms with Gasteiger partial charge >= 0.3 is 5.97 Å². The van der Waals surface area contributed by atoms with Gasteiger partial charge in [-0.3, -0.25) is 9.59 Å². The first kappa shape index (κ1) is 19.5. The third-order valence-electron chi connectivity index (χ3n) is 7.28. The summed E-state index contributed by atoms with van der Waals surface area (Å²) in [6, 6.07) is 0. The second kappa shape index (κ2) is 7.88. The fourth-order valence-electron chi connectivity index (χ4n) is 6.45. The van der Waals surface area contributed by atoms with Crippen LogP contribution >= 0.6 is 0 Å². The molecular weight excluding hydrogens is 354 g/mol. The van der Waals surface area contributed by atoms with Crippen LogP contribution in [0.4, 0.5) is 0 Å². The Balaban J connectivity index is 1.46. The predicted molar refractivity (Wildman–Crippen MR) is 105 cm³/mol. The molecule has 0 spiro atoms. The SMILES string of the molecule is COC(=O)C(C)CN(CCCn1ccnc1)C(=O)C12CC3CC(CC(C3)C1)C2. The minimum Gasteiger partial charge on any atom is -0.469 e. The summed E-state index contributed by atoms with van der Waals surface area (Å²) in [6.07, 6.45) is 13.5. The lowest BCUT2D eigenvalue weighted by atomic mass is 9.49. The van der Waals surface area contributed by atoms with Crippen molar-refractivity contribution in [3.05, 3.63) is 18.7 Å². The van der Waals surface area contributed by atoms with E-state index in [1.165, 1.54) is 26.4 Å². The lowest BCUT2D eigenvalue weighted by molar-refractivity contribution is -0.159. The zero-order valence-electron chi connectivity index (χ0n) is 17.2. The van der Waals surface area contributed by atoms with Crippen molar-refractivity contribution in [1.82, 2.24) is 14.5 Å². The Hall–Kier alpha value is -1.85. The van der Waals surface area contributed by atoms with E-state index in [4.69, 9.17) is 4.74 Å². The number of hydrogen-bond acceptors (Lipinski definition) is 4. The molecule has 1 aromatic heterocycles. The van der Waals surface area contributed by atoms with Crippen molar-refractivity contribution >= 4 is 11.9 Å². The minimum absolute atomic E-state index is 0.167. The lowest BCUT2D eigenvalue weighted by Crippen LogP contribution is -2.55. The molecule has 4 fully saturated rings. The number of esters is 1. The lowest BCUT2D eigenvalue weighted by Gasteiger charge is -2.56. The van der Waals surface area contributed by atoms with Gasteiger partial charge in [0.15, 0.2) is 0 Å². The molecular formula is C22H33N3O3. The van der Waals surface area contributed by atoms with Crippen LogP contribution in [-0.4, -0.2) is 46.5 Å². The van der Waals surface area contributed by atoms with Gasteiger partial charge in [0.05, 0.1) is 24.8 Å². The van der Waals surface area contributed by atoms with Crippen LogP contribution in [0.5, 0.6) is 0 Å². The van der Waals surface area contributed by atoms with Crippen LogP contribution in [0, 0.1) is 29.1 Å². The quantitative estimate of drug-likeness (QED) is 0.643. The van der Waals surface area contributed by atoms with Gasteiger partial charge in [-0.05, 0) is 62.7 Å². The summed E-state index contributed by atoms with van der Waals surface area (Å²) in [5, 5.41) is 0. The van der Waals surface area contributed by atoms with Crippen molar-refractivity contribution in [2.24, 2.45) is 29.1 Å². The monoisotopic (exact) mass is 387 g/mol. The van der Waals surface area contributed by atoms with Gasteiger partial charge in [0.2, 0.25) is 5.91 Å². The summed E-state index contributed by atoms with van der Waals surface area (Å²) < 4.78 is 6.95. The maximum absolute atomic E-state index is 13.8. The van der Waals surface area contributed by atoms with Crippen LogP contribution in [0.1, 0.15) is 51.9 Å². The van der Waals surface area contributed by atoms with Gasteiger partial charge in [-0.25, -0.2) is 4.98 Å². The molecule has 4 aliphatic rings. The van der Waals surface area contributed by atoms with E-state index in [2.05, 4.69) is 4.98 Å². The number of aromatic nitrogens is 2. The molecule has 4 saturated carbocycles. The van der Waals surface area contributed by atoms with Crippen molar-refractivity contribution in [3.63, 3.8) is 0 Å². The van der Waals surface area contributed by atoms with Crippen LogP contribution in [0.3, 0.4) is 0 Å². The second-order valence-corrected chi connectivity index (χ2v) is 9.53. The molecule has 154 valence electrons. The average molecular weight is 388 g/mol. The fraction of sp³-hybridized carbons (Fsp3) is 0.773. The molecule has 1 heterocycles.